The monoisotopic (exact) mass is 480 g/mol. The van der Waals surface area contributed by atoms with Gasteiger partial charge in [-0.05, 0) is 65.4 Å². The smallest absolute Gasteiger partial charge is 0.191 e. The molecular weight excluding hydrogens is 443 g/mol. The Balaban J connectivity index is 0.00000625. The lowest BCUT2D eigenvalue weighted by Crippen LogP contribution is -2.39. The van der Waals surface area contributed by atoms with Crippen LogP contribution in [0, 0.1) is 6.92 Å². The molecule has 0 amide bonds. The summed E-state index contributed by atoms with van der Waals surface area (Å²) in [5.74, 6) is 2.07. The molecule has 0 aliphatic rings. The van der Waals surface area contributed by atoms with Crippen molar-refractivity contribution in [1.29, 1.82) is 0 Å². The van der Waals surface area contributed by atoms with Crippen LogP contribution < -0.4 is 10.6 Å². The average Bonchev–Trinajstić information content (AvgIpc) is 3.03. The van der Waals surface area contributed by atoms with E-state index < -0.39 is 5.60 Å². The van der Waals surface area contributed by atoms with Gasteiger partial charge in [0.15, 0.2) is 5.96 Å². The molecular formula is C19H37IN4O2. The molecule has 1 atom stereocenters. The van der Waals surface area contributed by atoms with Gasteiger partial charge in [-0.15, -0.1) is 24.0 Å². The Hall–Kier alpha value is -0.800. The number of furan rings is 1. The predicted molar refractivity (Wildman–Crippen MR) is 119 cm³/mol. The van der Waals surface area contributed by atoms with E-state index >= 15 is 0 Å². The number of hydrogen-bond acceptors (Lipinski definition) is 4. The topological polar surface area (TPSA) is 73.0 Å². The van der Waals surface area contributed by atoms with Crippen molar-refractivity contribution in [3.8, 4) is 0 Å². The second-order valence-electron chi connectivity index (χ2n) is 6.54. The fraction of sp³-hybridized carbons (Fsp3) is 0.737. The molecule has 1 aromatic rings. The Morgan fingerprint density at radius 3 is 2.42 bits per heavy atom. The minimum atomic E-state index is -1.11. The Bertz CT molecular complexity index is 513. The van der Waals surface area contributed by atoms with Crippen molar-refractivity contribution in [2.45, 2.75) is 53.1 Å². The molecule has 0 aliphatic carbocycles. The molecule has 0 bridgehead atoms. The van der Waals surface area contributed by atoms with Gasteiger partial charge in [-0.2, -0.15) is 0 Å². The number of nitrogens with zero attached hydrogens (tertiary/aromatic N) is 2. The maximum atomic E-state index is 10.6. The van der Waals surface area contributed by atoms with Crippen LogP contribution in [-0.4, -0.2) is 55.2 Å². The van der Waals surface area contributed by atoms with Gasteiger partial charge in [0.05, 0.1) is 6.54 Å². The molecule has 3 N–H and O–H groups in total. The van der Waals surface area contributed by atoms with E-state index in [9.17, 15) is 5.11 Å². The molecule has 6 nitrogen and oxygen atoms in total. The van der Waals surface area contributed by atoms with Crippen molar-refractivity contribution in [1.82, 2.24) is 15.5 Å². The zero-order chi connectivity index (χ0) is 18.7. The molecule has 1 rings (SSSR count). The first-order chi connectivity index (χ1) is 11.9. The molecule has 1 heterocycles. The van der Waals surface area contributed by atoms with Crippen LogP contribution in [0.1, 0.15) is 52.1 Å². The summed E-state index contributed by atoms with van der Waals surface area (Å²) in [7, 11) is 0. The highest BCUT2D eigenvalue weighted by atomic mass is 127. The fourth-order valence-electron chi connectivity index (χ4n) is 2.58. The first-order valence-electron chi connectivity index (χ1n) is 9.46. The normalized spacial score (nSPS) is 14.0. The van der Waals surface area contributed by atoms with Gasteiger partial charge in [-0.25, -0.2) is 4.99 Å². The van der Waals surface area contributed by atoms with Crippen LogP contribution in [-0.2, 0) is 5.60 Å². The van der Waals surface area contributed by atoms with Crippen molar-refractivity contribution < 1.29 is 9.52 Å². The summed E-state index contributed by atoms with van der Waals surface area (Å²) in [5.41, 5.74) is -1.11. The van der Waals surface area contributed by atoms with E-state index in [-0.39, 0.29) is 30.5 Å². The van der Waals surface area contributed by atoms with Crippen LogP contribution in [0.25, 0.3) is 0 Å². The minimum Gasteiger partial charge on any atom is -0.463 e. The van der Waals surface area contributed by atoms with E-state index in [4.69, 9.17) is 4.42 Å². The number of unbranched alkanes of at least 4 members (excludes halogenated alkanes) is 1. The molecule has 0 radical (unpaired) electrons. The van der Waals surface area contributed by atoms with Crippen molar-refractivity contribution in [2.24, 2.45) is 4.99 Å². The van der Waals surface area contributed by atoms with Gasteiger partial charge in [0.2, 0.25) is 0 Å². The van der Waals surface area contributed by atoms with Crippen molar-refractivity contribution >= 4 is 29.9 Å². The Morgan fingerprint density at radius 1 is 1.19 bits per heavy atom. The van der Waals surface area contributed by atoms with Crippen LogP contribution >= 0.6 is 24.0 Å². The van der Waals surface area contributed by atoms with Gasteiger partial charge in [0.25, 0.3) is 0 Å². The zero-order valence-electron chi connectivity index (χ0n) is 17.0. The standard InChI is InChI=1S/C19H36N4O2.HI/c1-6-20-18(21-13-9-10-14-23(7-2)8-3)22-15-19(5,24)17-12-11-16(4)25-17;/h11-12,24H,6-10,13-15H2,1-5H3,(H2,20,21,22);1H. The number of aliphatic imine (C=N–C) groups is 1. The maximum Gasteiger partial charge on any atom is 0.191 e. The first kappa shape index (κ1) is 25.2. The SMILES string of the molecule is CCNC(=NCC(C)(O)c1ccc(C)o1)NCCCCN(CC)CC.I. The second kappa shape index (κ2) is 13.4. The Kier molecular flexibility index (Phi) is 13.0. The predicted octanol–water partition coefficient (Wildman–Crippen LogP) is 3.09. The van der Waals surface area contributed by atoms with E-state index in [1.165, 1.54) is 0 Å². The van der Waals surface area contributed by atoms with Gasteiger partial charge >= 0.3 is 0 Å². The Labute approximate surface area is 175 Å². The fourth-order valence-corrected chi connectivity index (χ4v) is 2.58. The van der Waals surface area contributed by atoms with E-state index in [2.05, 4.69) is 34.4 Å². The Morgan fingerprint density at radius 2 is 1.88 bits per heavy atom. The molecule has 0 aromatic carbocycles. The largest absolute Gasteiger partial charge is 0.463 e. The number of aliphatic hydroxyl groups is 1. The van der Waals surface area contributed by atoms with Crippen molar-refractivity contribution in [3.63, 3.8) is 0 Å². The van der Waals surface area contributed by atoms with Gasteiger partial charge in [0, 0.05) is 13.1 Å². The lowest BCUT2D eigenvalue weighted by molar-refractivity contribution is 0.0428. The third-order valence-electron chi connectivity index (χ3n) is 4.25. The zero-order valence-corrected chi connectivity index (χ0v) is 19.3. The van der Waals surface area contributed by atoms with Crippen LogP contribution in [0.2, 0.25) is 0 Å². The molecule has 26 heavy (non-hydrogen) atoms. The third-order valence-corrected chi connectivity index (χ3v) is 4.25. The summed E-state index contributed by atoms with van der Waals surface area (Å²) in [6.07, 6.45) is 2.26. The minimum absolute atomic E-state index is 0. The van der Waals surface area contributed by atoms with Gasteiger partial charge in [-0.3, -0.25) is 0 Å². The summed E-state index contributed by atoms with van der Waals surface area (Å²) in [6, 6.07) is 3.66. The molecule has 0 fully saturated rings. The molecule has 1 aromatic heterocycles. The molecule has 152 valence electrons. The van der Waals surface area contributed by atoms with Crippen LogP contribution in [0.5, 0.6) is 0 Å². The number of hydrogen-bond donors (Lipinski definition) is 3. The quantitative estimate of drug-likeness (QED) is 0.197. The molecule has 7 heteroatoms. The van der Waals surface area contributed by atoms with Crippen molar-refractivity contribution in [3.05, 3.63) is 23.7 Å². The summed E-state index contributed by atoms with van der Waals surface area (Å²) in [6.45, 7) is 15.3. The van der Waals surface area contributed by atoms with E-state index in [1.807, 2.05) is 19.9 Å². The third kappa shape index (κ3) is 9.23. The average molecular weight is 480 g/mol. The highest BCUT2D eigenvalue weighted by Gasteiger charge is 2.26. The van der Waals surface area contributed by atoms with Crippen LogP contribution in [0.15, 0.2) is 21.5 Å². The number of nitrogens with one attached hydrogen (secondary N) is 2. The molecule has 0 spiro atoms. The summed E-state index contributed by atoms with van der Waals surface area (Å²) < 4.78 is 5.53. The number of halogens is 1. The highest BCUT2D eigenvalue weighted by molar-refractivity contribution is 14.0. The highest BCUT2D eigenvalue weighted by Crippen LogP contribution is 2.22. The number of guanidine groups is 1. The van der Waals surface area contributed by atoms with E-state index in [0.717, 1.165) is 57.3 Å². The second-order valence-corrected chi connectivity index (χ2v) is 6.54. The van der Waals surface area contributed by atoms with Crippen molar-refractivity contribution in [2.75, 3.05) is 39.3 Å². The van der Waals surface area contributed by atoms with E-state index in [0.29, 0.717) is 5.76 Å². The van der Waals surface area contributed by atoms with Crippen LogP contribution in [0.3, 0.4) is 0 Å². The number of aryl methyl sites for hydroxylation is 1. The van der Waals surface area contributed by atoms with Crippen LogP contribution in [0.4, 0.5) is 0 Å². The molecule has 1 unspecified atom stereocenters. The first-order valence-corrected chi connectivity index (χ1v) is 9.46. The molecule has 0 saturated heterocycles. The maximum absolute atomic E-state index is 10.6. The summed E-state index contributed by atoms with van der Waals surface area (Å²) in [5, 5.41) is 17.1. The van der Waals surface area contributed by atoms with Gasteiger partial charge in [-0.1, -0.05) is 13.8 Å². The molecule has 0 saturated carbocycles. The van der Waals surface area contributed by atoms with Gasteiger partial charge in [0.1, 0.15) is 17.1 Å². The lowest BCUT2D eigenvalue weighted by atomic mass is 10.0. The summed E-state index contributed by atoms with van der Waals surface area (Å²) >= 11 is 0. The van der Waals surface area contributed by atoms with E-state index in [1.54, 1.807) is 13.0 Å². The number of rotatable bonds is 11. The van der Waals surface area contributed by atoms with Gasteiger partial charge < -0.3 is 25.1 Å². The summed E-state index contributed by atoms with van der Waals surface area (Å²) in [4.78, 5) is 6.94. The lowest BCUT2D eigenvalue weighted by Gasteiger charge is -2.20. The molecule has 0 aliphatic heterocycles.